The van der Waals surface area contributed by atoms with E-state index in [0.717, 1.165) is 0 Å². The molecule has 76 valence electrons. The molecule has 1 rings (SSSR count). The van der Waals surface area contributed by atoms with Gasteiger partial charge in [-0.25, -0.2) is 8.78 Å². The number of methoxy groups -OCH3 is 1. The van der Waals surface area contributed by atoms with Crippen molar-refractivity contribution in [1.29, 1.82) is 0 Å². The Morgan fingerprint density at radius 1 is 1.64 bits per heavy atom. The second-order valence-corrected chi connectivity index (χ2v) is 2.63. The number of hydrogen-bond acceptors (Lipinski definition) is 3. The minimum Gasteiger partial charge on any atom is -0.469 e. The number of nitrogens with zero attached hydrogens (tertiary/aromatic N) is 1. The van der Waals surface area contributed by atoms with Crippen LogP contribution in [0.4, 0.5) is 8.78 Å². The Bertz CT molecular complexity index is 328. The van der Waals surface area contributed by atoms with Crippen LogP contribution in [0, 0.1) is 0 Å². The van der Waals surface area contributed by atoms with E-state index in [1.807, 2.05) is 0 Å². The van der Waals surface area contributed by atoms with E-state index in [1.54, 1.807) is 0 Å². The summed E-state index contributed by atoms with van der Waals surface area (Å²) in [5.41, 5.74) is 0.147. The number of pyridine rings is 1. The van der Waals surface area contributed by atoms with Crippen LogP contribution in [0.2, 0.25) is 0 Å². The number of esters is 1. The standard InChI is InChI=1S/C9H9F2NO2/c1-14-8(13)5-7-4-6(9(10)11)2-3-12-7/h2-4,9H,5H2,1H3. The monoisotopic (exact) mass is 201 g/mol. The van der Waals surface area contributed by atoms with Gasteiger partial charge in [0.1, 0.15) is 0 Å². The number of alkyl halides is 2. The fraction of sp³-hybridized carbons (Fsp3) is 0.333. The number of hydrogen-bond donors (Lipinski definition) is 0. The number of carbonyl (C=O) groups excluding carboxylic acids is 1. The Hall–Kier alpha value is -1.52. The predicted molar refractivity (Wildman–Crippen MR) is 44.9 cm³/mol. The number of aromatic nitrogens is 1. The second kappa shape index (κ2) is 4.64. The van der Waals surface area contributed by atoms with E-state index in [2.05, 4.69) is 9.72 Å². The van der Waals surface area contributed by atoms with Crippen molar-refractivity contribution >= 4 is 5.97 Å². The highest BCUT2D eigenvalue weighted by molar-refractivity contribution is 5.71. The Labute approximate surface area is 79.7 Å². The highest BCUT2D eigenvalue weighted by Gasteiger charge is 2.10. The molecule has 0 saturated heterocycles. The number of rotatable bonds is 3. The summed E-state index contributed by atoms with van der Waals surface area (Å²) in [4.78, 5) is 14.6. The molecule has 1 heterocycles. The lowest BCUT2D eigenvalue weighted by atomic mass is 10.2. The molecule has 0 aliphatic heterocycles. The first-order chi connectivity index (χ1) is 6.63. The van der Waals surface area contributed by atoms with Crippen molar-refractivity contribution in [1.82, 2.24) is 4.98 Å². The first kappa shape index (κ1) is 10.6. The van der Waals surface area contributed by atoms with Gasteiger partial charge in [0.25, 0.3) is 6.43 Å². The largest absolute Gasteiger partial charge is 0.469 e. The maximum Gasteiger partial charge on any atom is 0.311 e. The van der Waals surface area contributed by atoms with Gasteiger partial charge < -0.3 is 4.74 Å². The lowest BCUT2D eigenvalue weighted by Crippen LogP contribution is -2.06. The minimum absolute atomic E-state index is 0.0863. The molecule has 0 spiro atoms. The van der Waals surface area contributed by atoms with Crippen LogP contribution in [0.3, 0.4) is 0 Å². The van der Waals surface area contributed by atoms with Crippen LogP contribution in [0.25, 0.3) is 0 Å². The normalized spacial score (nSPS) is 10.3. The zero-order valence-electron chi connectivity index (χ0n) is 7.54. The minimum atomic E-state index is -2.55. The molecule has 0 fully saturated rings. The second-order valence-electron chi connectivity index (χ2n) is 2.63. The van der Waals surface area contributed by atoms with Gasteiger partial charge in [-0.3, -0.25) is 9.78 Å². The molecule has 0 atom stereocenters. The predicted octanol–water partition coefficient (Wildman–Crippen LogP) is 1.73. The van der Waals surface area contributed by atoms with E-state index < -0.39 is 12.4 Å². The molecule has 0 N–H and O–H groups in total. The maximum absolute atomic E-state index is 12.2. The van der Waals surface area contributed by atoms with Gasteiger partial charge in [0.15, 0.2) is 0 Å². The summed E-state index contributed by atoms with van der Waals surface area (Å²) < 4.78 is 28.8. The summed E-state index contributed by atoms with van der Waals surface area (Å²) in [6.07, 6.45) is -1.38. The Morgan fingerprint density at radius 3 is 2.93 bits per heavy atom. The topological polar surface area (TPSA) is 39.2 Å². The molecule has 5 heteroatoms. The van der Waals surface area contributed by atoms with Crippen LogP contribution in [0.5, 0.6) is 0 Å². The van der Waals surface area contributed by atoms with Gasteiger partial charge in [0, 0.05) is 11.8 Å². The van der Waals surface area contributed by atoms with E-state index in [9.17, 15) is 13.6 Å². The zero-order valence-corrected chi connectivity index (χ0v) is 7.54. The molecule has 14 heavy (non-hydrogen) atoms. The smallest absolute Gasteiger partial charge is 0.311 e. The van der Waals surface area contributed by atoms with Crippen molar-refractivity contribution in [2.75, 3.05) is 7.11 Å². The molecule has 0 unspecified atom stereocenters. The molecular formula is C9H9F2NO2. The van der Waals surface area contributed by atoms with Crippen LogP contribution in [-0.4, -0.2) is 18.1 Å². The van der Waals surface area contributed by atoms with Crippen LogP contribution in [0.1, 0.15) is 17.7 Å². The Balaban J connectivity index is 2.78. The van der Waals surface area contributed by atoms with Gasteiger partial charge in [-0.2, -0.15) is 0 Å². The summed E-state index contributed by atoms with van der Waals surface area (Å²) in [5, 5.41) is 0. The van der Waals surface area contributed by atoms with E-state index in [-0.39, 0.29) is 17.7 Å². The lowest BCUT2D eigenvalue weighted by molar-refractivity contribution is -0.139. The zero-order chi connectivity index (χ0) is 10.6. The van der Waals surface area contributed by atoms with Gasteiger partial charge in [0.2, 0.25) is 0 Å². The molecule has 0 radical (unpaired) electrons. The van der Waals surface area contributed by atoms with Crippen LogP contribution in [0.15, 0.2) is 18.3 Å². The van der Waals surface area contributed by atoms with Gasteiger partial charge in [-0.1, -0.05) is 0 Å². The summed E-state index contributed by atoms with van der Waals surface area (Å²) in [7, 11) is 1.24. The summed E-state index contributed by atoms with van der Waals surface area (Å²) in [5.74, 6) is -0.496. The van der Waals surface area contributed by atoms with E-state index in [0.29, 0.717) is 0 Å². The summed E-state index contributed by atoms with van der Waals surface area (Å²) in [6, 6.07) is 2.41. The van der Waals surface area contributed by atoms with Crippen molar-refractivity contribution in [2.24, 2.45) is 0 Å². The van der Waals surface area contributed by atoms with E-state index >= 15 is 0 Å². The Morgan fingerprint density at radius 2 is 2.36 bits per heavy atom. The third kappa shape index (κ3) is 2.76. The quantitative estimate of drug-likeness (QED) is 0.699. The van der Waals surface area contributed by atoms with Crippen molar-refractivity contribution in [3.05, 3.63) is 29.6 Å². The lowest BCUT2D eigenvalue weighted by Gasteiger charge is -2.02. The summed E-state index contributed by atoms with van der Waals surface area (Å²) >= 11 is 0. The molecule has 0 bridgehead atoms. The van der Waals surface area contributed by atoms with Crippen LogP contribution < -0.4 is 0 Å². The molecule has 1 aromatic heterocycles. The fourth-order valence-electron chi connectivity index (χ4n) is 0.949. The fourth-order valence-corrected chi connectivity index (χ4v) is 0.949. The highest BCUT2D eigenvalue weighted by Crippen LogP contribution is 2.18. The van der Waals surface area contributed by atoms with Crippen molar-refractivity contribution in [3.8, 4) is 0 Å². The third-order valence-electron chi connectivity index (χ3n) is 1.65. The number of carbonyl (C=O) groups is 1. The SMILES string of the molecule is COC(=O)Cc1cc(C(F)F)ccn1. The average molecular weight is 201 g/mol. The van der Waals surface area contributed by atoms with Gasteiger partial charge in [-0.15, -0.1) is 0 Å². The van der Waals surface area contributed by atoms with E-state index in [4.69, 9.17) is 0 Å². The molecule has 3 nitrogen and oxygen atoms in total. The molecule has 0 aromatic carbocycles. The average Bonchev–Trinajstić information content (AvgIpc) is 2.18. The Kier molecular flexibility index (Phi) is 3.50. The molecule has 0 saturated carbocycles. The van der Waals surface area contributed by atoms with Crippen LogP contribution in [-0.2, 0) is 16.0 Å². The first-order valence-corrected chi connectivity index (χ1v) is 3.93. The third-order valence-corrected chi connectivity index (χ3v) is 1.65. The maximum atomic E-state index is 12.2. The van der Waals surface area contributed by atoms with Crippen molar-refractivity contribution in [2.45, 2.75) is 12.8 Å². The van der Waals surface area contributed by atoms with Crippen molar-refractivity contribution in [3.63, 3.8) is 0 Å². The number of halogens is 2. The van der Waals surface area contributed by atoms with Gasteiger partial charge in [0.05, 0.1) is 19.2 Å². The highest BCUT2D eigenvalue weighted by atomic mass is 19.3. The first-order valence-electron chi connectivity index (χ1n) is 3.93. The molecule has 0 aliphatic rings. The van der Waals surface area contributed by atoms with Gasteiger partial charge in [-0.05, 0) is 12.1 Å². The molecular weight excluding hydrogens is 192 g/mol. The van der Waals surface area contributed by atoms with E-state index in [1.165, 1.54) is 25.4 Å². The number of ether oxygens (including phenoxy) is 1. The molecule has 1 aromatic rings. The summed E-state index contributed by atoms with van der Waals surface area (Å²) in [6.45, 7) is 0. The van der Waals surface area contributed by atoms with Gasteiger partial charge >= 0.3 is 5.97 Å². The molecule has 0 aliphatic carbocycles. The van der Waals surface area contributed by atoms with Crippen molar-refractivity contribution < 1.29 is 18.3 Å². The molecule has 0 amide bonds. The van der Waals surface area contributed by atoms with Crippen LogP contribution >= 0.6 is 0 Å².